The van der Waals surface area contributed by atoms with E-state index in [4.69, 9.17) is 9.47 Å². The van der Waals surface area contributed by atoms with Crippen molar-refractivity contribution in [2.75, 3.05) is 13.2 Å². The first kappa shape index (κ1) is 18.3. The Labute approximate surface area is 168 Å². The van der Waals surface area contributed by atoms with Crippen LogP contribution in [0, 0.1) is 0 Å². The maximum absolute atomic E-state index is 12.6. The fourth-order valence-electron chi connectivity index (χ4n) is 3.07. The Balaban J connectivity index is 1.49. The summed E-state index contributed by atoms with van der Waals surface area (Å²) >= 11 is 1.63. The number of benzene rings is 2. The van der Waals surface area contributed by atoms with Crippen LogP contribution in [0.2, 0.25) is 0 Å². The van der Waals surface area contributed by atoms with E-state index in [1.165, 1.54) is 0 Å². The Hall–Kier alpha value is -3.05. The molecule has 4 rings (SSSR count). The van der Waals surface area contributed by atoms with E-state index >= 15 is 0 Å². The summed E-state index contributed by atoms with van der Waals surface area (Å²) in [6, 6.07) is 19.6. The number of carbonyl (C=O) groups is 1. The summed E-state index contributed by atoms with van der Waals surface area (Å²) in [5.74, 6) is 1.33. The van der Waals surface area contributed by atoms with Gasteiger partial charge in [0.1, 0.15) is 0 Å². The first-order valence-electron chi connectivity index (χ1n) is 9.26. The molecule has 0 fully saturated rings. The van der Waals surface area contributed by atoms with Crippen LogP contribution >= 0.6 is 11.3 Å². The Bertz CT molecular complexity index is 951. The highest BCUT2D eigenvalue weighted by molar-refractivity contribution is 7.10. The van der Waals surface area contributed by atoms with Gasteiger partial charge in [0, 0.05) is 17.4 Å². The molecule has 2 aromatic carbocycles. The van der Waals surface area contributed by atoms with Crippen LogP contribution in [-0.2, 0) is 4.79 Å². The maximum atomic E-state index is 12.6. The molecule has 0 radical (unpaired) electrons. The molecule has 3 aromatic rings. The average molecular weight is 391 g/mol. The third-order valence-electron chi connectivity index (χ3n) is 4.45. The normalized spacial score (nSPS) is 14.4. The molecular formula is C23H21NO3S. The maximum Gasteiger partial charge on any atom is 0.244 e. The minimum Gasteiger partial charge on any atom is -0.490 e. The summed E-state index contributed by atoms with van der Waals surface area (Å²) in [5.41, 5.74) is 1.95. The Kier molecular flexibility index (Phi) is 5.73. The molecule has 4 nitrogen and oxygen atoms in total. The summed E-state index contributed by atoms with van der Waals surface area (Å²) in [5, 5.41) is 5.13. The van der Waals surface area contributed by atoms with Gasteiger partial charge in [0.25, 0.3) is 0 Å². The molecule has 1 unspecified atom stereocenters. The van der Waals surface area contributed by atoms with Crippen molar-refractivity contribution in [1.29, 1.82) is 0 Å². The second kappa shape index (κ2) is 8.76. The number of nitrogens with one attached hydrogen (secondary N) is 1. The van der Waals surface area contributed by atoms with Crippen molar-refractivity contribution >= 4 is 23.3 Å². The lowest BCUT2D eigenvalue weighted by Crippen LogP contribution is -2.27. The third kappa shape index (κ3) is 4.43. The van der Waals surface area contributed by atoms with E-state index in [0.29, 0.717) is 13.2 Å². The van der Waals surface area contributed by atoms with E-state index in [2.05, 4.69) is 5.32 Å². The lowest BCUT2D eigenvalue weighted by Gasteiger charge is -2.17. The number of hydrogen-bond acceptors (Lipinski definition) is 4. The minimum absolute atomic E-state index is 0.144. The molecule has 2 heterocycles. The number of rotatable bonds is 5. The summed E-state index contributed by atoms with van der Waals surface area (Å²) < 4.78 is 11.4. The molecule has 1 atom stereocenters. The van der Waals surface area contributed by atoms with Crippen LogP contribution in [0.1, 0.15) is 28.5 Å². The SMILES string of the molecule is O=C(/C=C/c1ccc2c(c1)OCCCO2)NC(c1ccccc1)c1cccs1. The summed E-state index contributed by atoms with van der Waals surface area (Å²) in [6.07, 6.45) is 4.22. The van der Waals surface area contributed by atoms with Crippen molar-refractivity contribution in [3.05, 3.63) is 88.1 Å². The fraction of sp³-hybridized carbons (Fsp3) is 0.174. The van der Waals surface area contributed by atoms with Crippen molar-refractivity contribution in [3.8, 4) is 11.5 Å². The number of ether oxygens (including phenoxy) is 2. The van der Waals surface area contributed by atoms with Crippen LogP contribution in [0.25, 0.3) is 6.08 Å². The predicted octanol–water partition coefficient (Wildman–Crippen LogP) is 4.83. The molecule has 1 N–H and O–H groups in total. The summed E-state index contributed by atoms with van der Waals surface area (Å²) in [6.45, 7) is 1.30. The molecule has 1 aliphatic rings. The van der Waals surface area contributed by atoms with Gasteiger partial charge in [-0.25, -0.2) is 0 Å². The zero-order chi connectivity index (χ0) is 19.2. The van der Waals surface area contributed by atoms with Crippen molar-refractivity contribution in [3.63, 3.8) is 0 Å². The topological polar surface area (TPSA) is 47.6 Å². The third-order valence-corrected chi connectivity index (χ3v) is 5.38. The smallest absolute Gasteiger partial charge is 0.244 e. The van der Waals surface area contributed by atoms with Gasteiger partial charge in [-0.05, 0) is 40.8 Å². The lowest BCUT2D eigenvalue weighted by atomic mass is 10.1. The molecule has 142 valence electrons. The molecule has 1 aromatic heterocycles. The zero-order valence-corrected chi connectivity index (χ0v) is 16.2. The van der Waals surface area contributed by atoms with E-state index in [1.54, 1.807) is 23.5 Å². The highest BCUT2D eigenvalue weighted by atomic mass is 32.1. The van der Waals surface area contributed by atoms with Gasteiger partial charge in [-0.1, -0.05) is 42.5 Å². The molecular weight excluding hydrogens is 370 g/mol. The number of hydrogen-bond donors (Lipinski definition) is 1. The number of amides is 1. The van der Waals surface area contributed by atoms with E-state index in [0.717, 1.165) is 33.9 Å². The van der Waals surface area contributed by atoms with Crippen LogP contribution in [-0.4, -0.2) is 19.1 Å². The Morgan fingerprint density at radius 1 is 1.00 bits per heavy atom. The van der Waals surface area contributed by atoms with Gasteiger partial charge in [0.05, 0.1) is 19.3 Å². The van der Waals surface area contributed by atoms with Gasteiger partial charge in [0.2, 0.25) is 5.91 Å². The molecule has 1 amide bonds. The van der Waals surface area contributed by atoms with E-state index in [9.17, 15) is 4.79 Å². The quantitative estimate of drug-likeness (QED) is 0.634. The molecule has 28 heavy (non-hydrogen) atoms. The molecule has 0 saturated heterocycles. The van der Waals surface area contributed by atoms with Crippen LogP contribution in [0.15, 0.2) is 72.1 Å². The monoisotopic (exact) mass is 391 g/mol. The van der Waals surface area contributed by atoms with Gasteiger partial charge in [-0.2, -0.15) is 0 Å². The van der Waals surface area contributed by atoms with Crippen molar-refractivity contribution in [1.82, 2.24) is 5.32 Å². The van der Waals surface area contributed by atoms with Crippen LogP contribution in [0.3, 0.4) is 0 Å². The molecule has 0 bridgehead atoms. The van der Waals surface area contributed by atoms with Crippen molar-refractivity contribution in [2.45, 2.75) is 12.5 Å². The largest absolute Gasteiger partial charge is 0.490 e. The van der Waals surface area contributed by atoms with Gasteiger partial charge < -0.3 is 14.8 Å². The van der Waals surface area contributed by atoms with Gasteiger partial charge in [0.15, 0.2) is 11.5 Å². The van der Waals surface area contributed by atoms with Crippen LogP contribution in [0.5, 0.6) is 11.5 Å². The Morgan fingerprint density at radius 2 is 1.82 bits per heavy atom. The second-order valence-corrected chi connectivity index (χ2v) is 7.44. The van der Waals surface area contributed by atoms with Crippen molar-refractivity contribution < 1.29 is 14.3 Å². The van der Waals surface area contributed by atoms with Crippen molar-refractivity contribution in [2.24, 2.45) is 0 Å². The van der Waals surface area contributed by atoms with E-state index in [1.807, 2.05) is 66.0 Å². The first-order valence-corrected chi connectivity index (χ1v) is 10.1. The van der Waals surface area contributed by atoms with Gasteiger partial charge >= 0.3 is 0 Å². The summed E-state index contributed by atoms with van der Waals surface area (Å²) in [4.78, 5) is 13.7. The van der Waals surface area contributed by atoms with E-state index in [-0.39, 0.29) is 11.9 Å². The average Bonchev–Trinajstić information content (AvgIpc) is 3.16. The highest BCUT2D eigenvalue weighted by Crippen LogP contribution is 2.31. The van der Waals surface area contributed by atoms with Gasteiger partial charge in [-0.3, -0.25) is 4.79 Å². The van der Waals surface area contributed by atoms with Crippen LogP contribution in [0.4, 0.5) is 0 Å². The number of thiophene rings is 1. The molecule has 1 aliphatic heterocycles. The predicted molar refractivity (Wildman–Crippen MR) is 112 cm³/mol. The second-order valence-electron chi connectivity index (χ2n) is 6.46. The number of carbonyl (C=O) groups excluding carboxylic acids is 1. The Morgan fingerprint density at radius 3 is 2.61 bits per heavy atom. The molecule has 0 aliphatic carbocycles. The minimum atomic E-state index is -0.165. The highest BCUT2D eigenvalue weighted by Gasteiger charge is 2.16. The molecule has 0 spiro atoms. The first-order chi connectivity index (χ1) is 13.8. The lowest BCUT2D eigenvalue weighted by molar-refractivity contribution is -0.116. The standard InChI is InChI=1S/C23H21NO3S/c25-22(12-10-17-9-11-19-20(16-17)27-14-5-13-26-19)24-23(21-8-4-15-28-21)18-6-2-1-3-7-18/h1-4,6-12,15-16,23H,5,13-14H2,(H,24,25)/b12-10+. The van der Waals surface area contributed by atoms with Crippen LogP contribution < -0.4 is 14.8 Å². The molecule has 0 saturated carbocycles. The fourth-order valence-corrected chi connectivity index (χ4v) is 3.87. The molecule has 5 heteroatoms. The zero-order valence-electron chi connectivity index (χ0n) is 15.3. The summed E-state index contributed by atoms with van der Waals surface area (Å²) in [7, 11) is 0. The van der Waals surface area contributed by atoms with E-state index < -0.39 is 0 Å². The number of fused-ring (bicyclic) bond motifs is 1. The van der Waals surface area contributed by atoms with Gasteiger partial charge in [-0.15, -0.1) is 11.3 Å².